The molecule has 0 heterocycles. The molecule has 38 heavy (non-hydrogen) atoms. The van der Waals surface area contributed by atoms with E-state index in [0.717, 1.165) is 17.2 Å². The van der Waals surface area contributed by atoms with Gasteiger partial charge in [0.1, 0.15) is 31.0 Å². The van der Waals surface area contributed by atoms with Gasteiger partial charge in [-0.15, -0.1) is 0 Å². The van der Waals surface area contributed by atoms with E-state index in [9.17, 15) is 30.0 Å². The van der Waals surface area contributed by atoms with E-state index in [4.69, 9.17) is 18.9 Å². The summed E-state index contributed by atoms with van der Waals surface area (Å²) in [7, 11) is 0. The molecule has 3 aromatic carbocycles. The number of carbonyl (C=O) groups is 2. The quantitative estimate of drug-likeness (QED) is 0.219. The molecule has 0 bridgehead atoms. The lowest BCUT2D eigenvalue weighted by molar-refractivity contribution is 0.000158. The number of ether oxygens (including phenoxy) is 4. The minimum atomic E-state index is -1.55. The second-order valence-electron chi connectivity index (χ2n) is 8.36. The summed E-state index contributed by atoms with van der Waals surface area (Å²) < 4.78 is 22.1. The van der Waals surface area contributed by atoms with Crippen molar-refractivity contribution < 1.29 is 49.0 Å². The summed E-state index contributed by atoms with van der Waals surface area (Å²) in [6.07, 6.45) is -2.20. The van der Waals surface area contributed by atoms with Crippen molar-refractivity contribution in [1.82, 2.24) is 0 Å². The number of aromatic carboxylic acids is 2. The van der Waals surface area contributed by atoms with Crippen LogP contribution in [-0.4, -0.2) is 71.0 Å². The summed E-state index contributed by atoms with van der Waals surface area (Å²) >= 11 is 0. The van der Waals surface area contributed by atoms with Gasteiger partial charge in [0, 0.05) is 0 Å². The zero-order valence-electron chi connectivity index (χ0n) is 20.6. The first-order chi connectivity index (χ1) is 18.3. The summed E-state index contributed by atoms with van der Waals surface area (Å²) in [4.78, 5) is 23.6. The molecule has 0 amide bonds. The van der Waals surface area contributed by atoms with Crippen LogP contribution in [0.5, 0.6) is 11.5 Å². The Hall–Kier alpha value is -3.96. The highest BCUT2D eigenvalue weighted by Gasteiger charge is 2.26. The molecule has 2 atom stereocenters. The fourth-order valence-electron chi connectivity index (χ4n) is 3.45. The molecule has 0 saturated heterocycles. The van der Waals surface area contributed by atoms with E-state index in [1.54, 1.807) is 0 Å². The molecule has 4 N–H and O–H groups in total. The second kappa shape index (κ2) is 14.7. The highest BCUT2D eigenvalue weighted by molar-refractivity contribution is 6.04. The van der Waals surface area contributed by atoms with E-state index < -0.39 is 41.9 Å². The van der Waals surface area contributed by atoms with Crippen LogP contribution in [0, 0.1) is 0 Å². The Kier molecular flexibility index (Phi) is 11.1. The predicted molar refractivity (Wildman–Crippen MR) is 136 cm³/mol. The van der Waals surface area contributed by atoms with Crippen molar-refractivity contribution in [3.8, 4) is 11.5 Å². The Bertz CT molecular complexity index is 1170. The van der Waals surface area contributed by atoms with Gasteiger partial charge in [-0.3, -0.25) is 0 Å². The number of aliphatic hydroxyl groups excluding tert-OH is 2. The zero-order chi connectivity index (χ0) is 27.3. The monoisotopic (exact) mass is 526 g/mol. The third-order valence-corrected chi connectivity index (χ3v) is 5.26. The lowest BCUT2D eigenvalue weighted by atomic mass is 10.1. The summed E-state index contributed by atoms with van der Waals surface area (Å²) in [6.45, 7) is -0.292. The van der Waals surface area contributed by atoms with Crippen LogP contribution in [0.2, 0.25) is 0 Å². The van der Waals surface area contributed by atoms with Crippen LogP contribution in [-0.2, 0) is 22.7 Å². The maximum absolute atomic E-state index is 11.9. The Morgan fingerprint density at radius 2 is 1.13 bits per heavy atom. The molecule has 2 unspecified atom stereocenters. The van der Waals surface area contributed by atoms with Gasteiger partial charge in [-0.25, -0.2) is 9.59 Å². The maximum atomic E-state index is 11.9. The van der Waals surface area contributed by atoms with Crippen LogP contribution >= 0.6 is 0 Å². The number of aliphatic hydroxyl groups is 2. The Morgan fingerprint density at radius 3 is 1.61 bits per heavy atom. The van der Waals surface area contributed by atoms with Crippen molar-refractivity contribution >= 4 is 11.9 Å². The van der Waals surface area contributed by atoms with Crippen LogP contribution in [0.25, 0.3) is 0 Å². The Morgan fingerprint density at radius 1 is 0.632 bits per heavy atom. The lowest BCUT2D eigenvalue weighted by Crippen LogP contribution is -2.26. The highest BCUT2D eigenvalue weighted by Crippen LogP contribution is 2.34. The first-order valence-electron chi connectivity index (χ1n) is 11.8. The van der Waals surface area contributed by atoms with Gasteiger partial charge in [-0.1, -0.05) is 60.7 Å². The number of hydrogen-bond acceptors (Lipinski definition) is 8. The molecule has 0 fully saturated rings. The van der Waals surface area contributed by atoms with E-state index in [1.165, 1.54) is 6.07 Å². The number of carboxylic acids is 2. The molecule has 10 nitrogen and oxygen atoms in total. The first kappa shape index (κ1) is 28.6. The summed E-state index contributed by atoms with van der Waals surface area (Å²) in [6, 6.07) is 21.0. The van der Waals surface area contributed by atoms with Gasteiger partial charge in [-0.2, -0.15) is 0 Å². The lowest BCUT2D eigenvalue weighted by Gasteiger charge is -2.19. The Labute approximate surface area is 219 Å². The highest BCUT2D eigenvalue weighted by atomic mass is 16.5. The average molecular weight is 527 g/mol. The van der Waals surface area contributed by atoms with E-state index in [-0.39, 0.29) is 44.5 Å². The largest absolute Gasteiger partial charge is 0.487 e. The number of carboxylic acid groups (broad SMARTS) is 2. The van der Waals surface area contributed by atoms with Crippen LogP contribution < -0.4 is 9.47 Å². The van der Waals surface area contributed by atoms with Crippen LogP contribution in [0.1, 0.15) is 31.8 Å². The van der Waals surface area contributed by atoms with Gasteiger partial charge < -0.3 is 39.4 Å². The molecule has 0 aliphatic carbocycles. The molecule has 0 radical (unpaired) electrons. The smallest absolute Gasteiger partial charge is 0.340 e. The standard InChI is InChI=1S/C28H30O10/c29-21(15-35-13-19-7-3-1-4-8-19)17-37-24-12-11-23(27(31)32)25(28(33)34)26(24)38-18-22(30)16-36-14-20-9-5-2-6-10-20/h1-12,21-22,29-30H,13-18H2,(H,31,32)(H,33,34). The molecule has 3 aromatic rings. The molecule has 0 aromatic heterocycles. The summed E-state index contributed by atoms with van der Waals surface area (Å²) in [5.74, 6) is -3.51. The molecule has 3 rings (SSSR count). The van der Waals surface area contributed by atoms with Gasteiger partial charge in [0.25, 0.3) is 0 Å². The van der Waals surface area contributed by atoms with Crippen molar-refractivity contribution in [2.45, 2.75) is 25.4 Å². The maximum Gasteiger partial charge on any atom is 0.340 e. The second-order valence-corrected chi connectivity index (χ2v) is 8.36. The van der Waals surface area contributed by atoms with Gasteiger partial charge in [0.15, 0.2) is 11.5 Å². The van der Waals surface area contributed by atoms with Gasteiger partial charge in [-0.05, 0) is 23.3 Å². The molecular formula is C28H30O10. The molecule has 0 aliphatic rings. The molecule has 0 saturated carbocycles. The van der Waals surface area contributed by atoms with Crippen molar-refractivity contribution in [3.63, 3.8) is 0 Å². The minimum absolute atomic E-state index is 0.0540. The van der Waals surface area contributed by atoms with E-state index in [0.29, 0.717) is 0 Å². The molecule has 0 spiro atoms. The van der Waals surface area contributed by atoms with Crippen molar-refractivity contribution in [3.05, 3.63) is 95.1 Å². The fourth-order valence-corrected chi connectivity index (χ4v) is 3.45. The third kappa shape index (κ3) is 8.86. The average Bonchev–Trinajstić information content (AvgIpc) is 2.91. The van der Waals surface area contributed by atoms with Crippen LogP contribution in [0.3, 0.4) is 0 Å². The fraction of sp³-hybridized carbons (Fsp3) is 0.286. The van der Waals surface area contributed by atoms with Gasteiger partial charge in [0.05, 0.1) is 32.0 Å². The SMILES string of the molecule is O=C(O)c1ccc(OCC(O)COCc2ccccc2)c(OCC(O)COCc2ccccc2)c1C(=O)O. The zero-order valence-corrected chi connectivity index (χ0v) is 20.6. The van der Waals surface area contributed by atoms with Gasteiger partial charge in [0.2, 0.25) is 0 Å². The van der Waals surface area contributed by atoms with Crippen LogP contribution in [0.4, 0.5) is 0 Å². The first-order valence-corrected chi connectivity index (χ1v) is 11.8. The number of hydrogen-bond donors (Lipinski definition) is 4. The summed E-state index contributed by atoms with van der Waals surface area (Å²) in [5.41, 5.74) is 0.687. The van der Waals surface area contributed by atoms with Crippen molar-refractivity contribution in [1.29, 1.82) is 0 Å². The summed E-state index contributed by atoms with van der Waals surface area (Å²) in [5, 5.41) is 39.7. The Balaban J connectivity index is 1.62. The van der Waals surface area contributed by atoms with Crippen LogP contribution in [0.15, 0.2) is 72.8 Å². The number of benzene rings is 3. The molecule has 10 heteroatoms. The predicted octanol–water partition coefficient (Wildman–Crippen LogP) is 3.00. The molecule has 202 valence electrons. The number of rotatable bonds is 16. The normalized spacial score (nSPS) is 12.5. The van der Waals surface area contributed by atoms with E-state index in [1.807, 2.05) is 60.7 Å². The molecule has 0 aliphatic heterocycles. The van der Waals surface area contributed by atoms with Gasteiger partial charge >= 0.3 is 11.9 Å². The van der Waals surface area contributed by atoms with Crippen molar-refractivity contribution in [2.24, 2.45) is 0 Å². The topological polar surface area (TPSA) is 152 Å². The third-order valence-electron chi connectivity index (χ3n) is 5.26. The minimum Gasteiger partial charge on any atom is -0.487 e. The molecular weight excluding hydrogens is 496 g/mol. The van der Waals surface area contributed by atoms with E-state index in [2.05, 4.69) is 0 Å². The van der Waals surface area contributed by atoms with E-state index >= 15 is 0 Å². The van der Waals surface area contributed by atoms with Crippen molar-refractivity contribution in [2.75, 3.05) is 26.4 Å².